The summed E-state index contributed by atoms with van der Waals surface area (Å²) in [4.78, 5) is 30.8. The van der Waals surface area contributed by atoms with Gasteiger partial charge in [-0.1, -0.05) is 6.58 Å². The minimum absolute atomic E-state index is 0.203. The van der Waals surface area contributed by atoms with Gasteiger partial charge in [-0.05, 0) is 5.38 Å². The van der Waals surface area contributed by atoms with Crippen LogP contribution in [0, 0.1) is 20.2 Å². The molecular formula is C9H4N2O5S. The highest BCUT2D eigenvalue weighted by Crippen LogP contribution is 2.40. The van der Waals surface area contributed by atoms with Gasteiger partial charge in [0.2, 0.25) is 0 Å². The van der Waals surface area contributed by atoms with E-state index in [0.29, 0.717) is 0 Å². The van der Waals surface area contributed by atoms with Gasteiger partial charge in [-0.3, -0.25) is 25.0 Å². The van der Waals surface area contributed by atoms with Gasteiger partial charge >= 0.3 is 5.82 Å². The molecule has 0 aromatic carbocycles. The van der Waals surface area contributed by atoms with Crippen LogP contribution in [0.3, 0.4) is 0 Å². The molecule has 1 aromatic heterocycles. The van der Waals surface area contributed by atoms with Gasteiger partial charge in [0.1, 0.15) is 15.4 Å². The second-order valence-corrected chi connectivity index (χ2v) is 3.96. The van der Waals surface area contributed by atoms with Gasteiger partial charge < -0.3 is 0 Å². The van der Waals surface area contributed by atoms with Crippen LogP contribution in [0.25, 0.3) is 5.57 Å². The summed E-state index contributed by atoms with van der Waals surface area (Å²) in [5.41, 5.74) is -0.0444. The summed E-state index contributed by atoms with van der Waals surface area (Å²) < 4.78 is 0. The molecule has 7 nitrogen and oxygen atoms in total. The SMILES string of the molecule is C=C1C(=O)c2cscc2C1=C([N+](=O)[O-])[N+](=O)[O-]. The first-order chi connectivity index (χ1) is 7.95. The molecule has 0 radical (unpaired) electrons. The van der Waals surface area contributed by atoms with Gasteiger partial charge in [-0.2, -0.15) is 11.3 Å². The number of nitrogens with zero attached hydrogens (tertiary/aromatic N) is 2. The maximum atomic E-state index is 11.6. The molecule has 0 atom stereocenters. The van der Waals surface area contributed by atoms with Crippen LogP contribution >= 0.6 is 11.3 Å². The van der Waals surface area contributed by atoms with E-state index in [9.17, 15) is 25.0 Å². The number of Topliss-reactive ketones (excluding diaryl/α,β-unsaturated/α-hetero) is 1. The van der Waals surface area contributed by atoms with E-state index >= 15 is 0 Å². The smallest absolute Gasteiger partial charge is 0.289 e. The van der Waals surface area contributed by atoms with Crippen LogP contribution in [0.1, 0.15) is 15.9 Å². The number of allylic oxidation sites excluding steroid dienone is 2. The number of ketones is 1. The molecule has 8 heteroatoms. The summed E-state index contributed by atoms with van der Waals surface area (Å²) >= 11 is 1.15. The van der Waals surface area contributed by atoms with E-state index in [1.165, 1.54) is 10.8 Å². The van der Waals surface area contributed by atoms with Crippen LogP contribution in [0.5, 0.6) is 0 Å². The molecule has 0 amide bonds. The van der Waals surface area contributed by atoms with Crippen LogP contribution < -0.4 is 0 Å². The Bertz CT molecular complexity index is 597. The number of rotatable bonds is 2. The molecule has 1 aliphatic rings. The maximum Gasteiger partial charge on any atom is 0.567 e. The van der Waals surface area contributed by atoms with Gasteiger partial charge in [0.05, 0.1) is 0 Å². The minimum Gasteiger partial charge on any atom is -0.289 e. The largest absolute Gasteiger partial charge is 0.567 e. The second kappa shape index (κ2) is 3.59. The number of nitro groups is 2. The van der Waals surface area contributed by atoms with E-state index in [0.717, 1.165) is 11.3 Å². The molecule has 0 unspecified atom stereocenters. The number of thiophene rings is 1. The van der Waals surface area contributed by atoms with E-state index in [1.807, 2.05) is 0 Å². The third kappa shape index (κ3) is 1.46. The molecule has 0 aliphatic heterocycles. The first-order valence-corrected chi connectivity index (χ1v) is 5.23. The molecule has 0 saturated heterocycles. The molecule has 86 valence electrons. The zero-order chi connectivity index (χ0) is 12.7. The standard InChI is InChI=1S/C9H4N2O5S/c1-4-7(9(10(13)14)11(15)16)5-2-17-3-6(5)8(4)12/h2-3H,1H2. The fraction of sp³-hybridized carbons (Fsp3) is 0. The minimum atomic E-state index is -1.21. The van der Waals surface area contributed by atoms with Crippen molar-refractivity contribution in [3.05, 3.63) is 60.1 Å². The first kappa shape index (κ1) is 11.1. The number of hydrogen-bond donors (Lipinski definition) is 0. The van der Waals surface area contributed by atoms with Gasteiger partial charge in [-0.25, -0.2) is 0 Å². The molecular weight excluding hydrogens is 248 g/mol. The van der Waals surface area contributed by atoms with Crippen molar-refractivity contribution >= 4 is 22.7 Å². The van der Waals surface area contributed by atoms with Crippen LogP contribution in [0.15, 0.2) is 28.7 Å². The van der Waals surface area contributed by atoms with Crippen molar-refractivity contribution in [2.45, 2.75) is 0 Å². The normalized spacial score (nSPS) is 13.8. The second-order valence-electron chi connectivity index (χ2n) is 3.22. The first-order valence-electron chi connectivity index (χ1n) is 4.28. The lowest BCUT2D eigenvalue weighted by Gasteiger charge is -1.95. The van der Waals surface area contributed by atoms with Crippen molar-refractivity contribution in [2.24, 2.45) is 0 Å². The van der Waals surface area contributed by atoms with Crippen LogP contribution in [0.2, 0.25) is 0 Å². The van der Waals surface area contributed by atoms with E-state index in [-0.39, 0.29) is 22.3 Å². The Balaban J connectivity index is 2.80. The predicted octanol–water partition coefficient (Wildman–Crippen LogP) is 1.72. The van der Waals surface area contributed by atoms with Crippen molar-refractivity contribution < 1.29 is 14.6 Å². The van der Waals surface area contributed by atoms with Crippen LogP contribution in [0.4, 0.5) is 0 Å². The summed E-state index contributed by atoms with van der Waals surface area (Å²) in [6.45, 7) is 3.38. The summed E-state index contributed by atoms with van der Waals surface area (Å²) in [7, 11) is 0. The summed E-state index contributed by atoms with van der Waals surface area (Å²) in [6, 6.07) is 0. The highest BCUT2D eigenvalue weighted by molar-refractivity contribution is 7.08. The average molecular weight is 252 g/mol. The van der Waals surface area contributed by atoms with Gasteiger partial charge in [-0.15, -0.1) is 0 Å². The van der Waals surface area contributed by atoms with E-state index in [2.05, 4.69) is 6.58 Å². The number of carbonyl (C=O) groups is 1. The fourth-order valence-corrected chi connectivity index (χ4v) is 2.43. The van der Waals surface area contributed by atoms with Crippen LogP contribution in [-0.2, 0) is 0 Å². The molecule has 2 rings (SSSR count). The predicted molar refractivity (Wildman–Crippen MR) is 58.7 cm³/mol. The molecule has 0 N–H and O–H groups in total. The van der Waals surface area contributed by atoms with Crippen molar-refractivity contribution in [1.29, 1.82) is 0 Å². The lowest BCUT2D eigenvalue weighted by atomic mass is 10.1. The summed E-state index contributed by atoms with van der Waals surface area (Å²) in [6.07, 6.45) is 0. The van der Waals surface area contributed by atoms with E-state index in [4.69, 9.17) is 0 Å². The molecule has 0 bridgehead atoms. The van der Waals surface area contributed by atoms with Crippen molar-refractivity contribution in [3.63, 3.8) is 0 Å². The zero-order valence-electron chi connectivity index (χ0n) is 8.21. The fourth-order valence-electron chi connectivity index (χ4n) is 1.61. The van der Waals surface area contributed by atoms with Crippen molar-refractivity contribution in [2.75, 3.05) is 0 Å². The zero-order valence-corrected chi connectivity index (χ0v) is 9.02. The molecule has 0 spiro atoms. The Hall–Kier alpha value is -2.35. The van der Waals surface area contributed by atoms with Gasteiger partial charge in [0.15, 0.2) is 5.78 Å². The highest BCUT2D eigenvalue weighted by Gasteiger charge is 2.42. The van der Waals surface area contributed by atoms with Crippen molar-refractivity contribution in [3.8, 4) is 0 Å². The third-order valence-corrected chi connectivity index (χ3v) is 3.06. The molecule has 1 aromatic rings. The molecule has 1 heterocycles. The Morgan fingerprint density at radius 1 is 1.18 bits per heavy atom. The summed E-state index contributed by atoms with van der Waals surface area (Å²) in [5, 5.41) is 24.3. The quantitative estimate of drug-likeness (QED) is 0.453. The highest BCUT2D eigenvalue weighted by atomic mass is 32.1. The average Bonchev–Trinajstić information content (AvgIpc) is 2.77. The lowest BCUT2D eigenvalue weighted by molar-refractivity contribution is -0.614. The number of fused-ring (bicyclic) bond motifs is 1. The Morgan fingerprint density at radius 2 is 1.71 bits per heavy atom. The molecule has 0 fully saturated rings. The molecule has 0 saturated carbocycles. The monoisotopic (exact) mass is 252 g/mol. The van der Waals surface area contributed by atoms with Gasteiger partial charge in [0, 0.05) is 22.1 Å². The lowest BCUT2D eigenvalue weighted by Crippen LogP contribution is -2.12. The number of carbonyl (C=O) groups excluding carboxylic acids is 1. The van der Waals surface area contributed by atoms with Gasteiger partial charge in [0.25, 0.3) is 0 Å². The summed E-state index contributed by atoms with van der Waals surface area (Å²) in [5.74, 6) is -1.71. The van der Waals surface area contributed by atoms with Crippen molar-refractivity contribution in [1.82, 2.24) is 0 Å². The molecule has 17 heavy (non-hydrogen) atoms. The molecule has 1 aliphatic carbocycles. The third-order valence-electron chi connectivity index (χ3n) is 2.32. The Labute approximate surface area is 98.0 Å². The topological polar surface area (TPSA) is 103 Å². The Kier molecular flexibility index (Phi) is 2.36. The van der Waals surface area contributed by atoms with Crippen LogP contribution in [-0.4, -0.2) is 15.6 Å². The number of hydrogen-bond acceptors (Lipinski definition) is 6. The Morgan fingerprint density at radius 3 is 2.24 bits per heavy atom. The maximum absolute atomic E-state index is 11.6. The van der Waals surface area contributed by atoms with E-state index < -0.39 is 21.5 Å². The van der Waals surface area contributed by atoms with E-state index in [1.54, 1.807) is 0 Å².